The van der Waals surface area contributed by atoms with E-state index in [-0.39, 0.29) is 28.7 Å². The molecule has 2 heterocycles. The third-order valence-corrected chi connectivity index (χ3v) is 8.32. The van der Waals surface area contributed by atoms with Crippen LogP contribution in [0, 0.1) is 5.41 Å². The molecule has 27 heavy (non-hydrogen) atoms. The van der Waals surface area contributed by atoms with Gasteiger partial charge in [0, 0.05) is 16.4 Å². The minimum absolute atomic E-state index is 0.0730. The fourth-order valence-electron chi connectivity index (χ4n) is 3.61. The highest BCUT2D eigenvalue weighted by atomic mass is 32.2. The second-order valence-corrected chi connectivity index (χ2v) is 11.6. The summed E-state index contributed by atoms with van der Waals surface area (Å²) in [6.07, 6.45) is 1.68. The van der Waals surface area contributed by atoms with E-state index < -0.39 is 15.3 Å². The van der Waals surface area contributed by atoms with E-state index in [2.05, 4.69) is 35.9 Å². The molecule has 0 N–H and O–H groups in total. The molecule has 1 aromatic rings. The van der Waals surface area contributed by atoms with Crippen LogP contribution in [0.3, 0.4) is 0 Å². The third-order valence-electron chi connectivity index (χ3n) is 5.11. The van der Waals surface area contributed by atoms with Crippen LogP contribution in [0.15, 0.2) is 23.2 Å². The summed E-state index contributed by atoms with van der Waals surface area (Å²) in [7, 11) is -3.07. The van der Waals surface area contributed by atoms with Crippen LogP contribution >= 0.6 is 11.8 Å². The van der Waals surface area contributed by atoms with Gasteiger partial charge in [-0.25, -0.2) is 8.42 Å². The standard InChI is InChI=1S/C20H28N2O3S2/c1-6-13-9-8-10-14(7-2)17(13)22-15-11-27(24,25)12-16(15)26-19(22)21-18(23)20(3,4)5/h8-10,15-16H,6-7,11-12H2,1-5H3/t15-,16+/m1/s1. The Morgan fingerprint density at radius 1 is 1.19 bits per heavy atom. The van der Waals surface area contributed by atoms with E-state index in [1.807, 2.05) is 26.8 Å². The number of benzene rings is 1. The molecule has 1 amide bonds. The lowest BCUT2D eigenvalue weighted by Crippen LogP contribution is -2.39. The number of thioether (sulfide) groups is 1. The van der Waals surface area contributed by atoms with Gasteiger partial charge in [0.05, 0.1) is 17.5 Å². The SMILES string of the molecule is CCc1cccc(CC)c1N1C(=NC(=O)C(C)(C)C)S[C@H]2CS(=O)(=O)C[C@H]21. The van der Waals surface area contributed by atoms with Crippen LogP contribution < -0.4 is 4.90 Å². The number of sulfone groups is 1. The fraction of sp³-hybridized carbons (Fsp3) is 0.600. The molecular weight excluding hydrogens is 380 g/mol. The Balaban J connectivity index is 2.15. The summed E-state index contributed by atoms with van der Waals surface area (Å²) < 4.78 is 24.5. The molecule has 0 aliphatic carbocycles. The van der Waals surface area contributed by atoms with Crippen LogP contribution in [-0.4, -0.2) is 42.3 Å². The molecule has 5 nitrogen and oxygen atoms in total. The van der Waals surface area contributed by atoms with Crippen molar-refractivity contribution in [2.45, 2.75) is 58.8 Å². The number of hydrogen-bond acceptors (Lipinski definition) is 4. The number of aryl methyl sites for hydroxylation is 2. The summed E-state index contributed by atoms with van der Waals surface area (Å²) in [4.78, 5) is 19.1. The van der Waals surface area contributed by atoms with Crippen molar-refractivity contribution in [1.29, 1.82) is 0 Å². The van der Waals surface area contributed by atoms with Crippen molar-refractivity contribution in [3.8, 4) is 0 Å². The smallest absolute Gasteiger partial charge is 0.253 e. The fourth-order valence-corrected chi connectivity index (χ4v) is 7.50. The van der Waals surface area contributed by atoms with Crippen molar-refractivity contribution < 1.29 is 13.2 Å². The number of fused-ring (bicyclic) bond motifs is 1. The number of anilines is 1. The Labute approximate surface area is 166 Å². The molecule has 0 radical (unpaired) electrons. The quantitative estimate of drug-likeness (QED) is 0.766. The van der Waals surface area contributed by atoms with E-state index in [0.717, 1.165) is 29.7 Å². The molecule has 2 atom stereocenters. The first-order chi connectivity index (χ1) is 12.6. The molecule has 3 rings (SSSR count). The highest BCUT2D eigenvalue weighted by Crippen LogP contribution is 2.43. The van der Waals surface area contributed by atoms with Crippen molar-refractivity contribution in [3.05, 3.63) is 29.3 Å². The Bertz CT molecular complexity index is 863. The van der Waals surface area contributed by atoms with Gasteiger partial charge in [-0.1, -0.05) is 64.6 Å². The Morgan fingerprint density at radius 3 is 2.30 bits per heavy atom. The largest absolute Gasteiger partial charge is 0.315 e. The summed E-state index contributed by atoms with van der Waals surface area (Å²) in [6, 6.07) is 6.05. The maximum Gasteiger partial charge on any atom is 0.253 e. The average molecular weight is 409 g/mol. The number of amides is 1. The van der Waals surface area contributed by atoms with Gasteiger partial charge in [0.2, 0.25) is 0 Å². The number of nitrogens with zero attached hydrogens (tertiary/aromatic N) is 2. The molecule has 1 aromatic carbocycles. The van der Waals surface area contributed by atoms with Gasteiger partial charge in [0.15, 0.2) is 15.0 Å². The normalized spacial score (nSPS) is 25.8. The lowest BCUT2D eigenvalue weighted by atomic mass is 9.96. The van der Waals surface area contributed by atoms with Gasteiger partial charge >= 0.3 is 0 Å². The number of hydrogen-bond donors (Lipinski definition) is 0. The molecule has 0 unspecified atom stereocenters. The molecule has 0 aromatic heterocycles. The van der Waals surface area contributed by atoms with Gasteiger partial charge in [0.25, 0.3) is 5.91 Å². The predicted octanol–water partition coefficient (Wildman–Crippen LogP) is 3.46. The van der Waals surface area contributed by atoms with E-state index >= 15 is 0 Å². The molecule has 148 valence electrons. The van der Waals surface area contributed by atoms with Crippen LogP contribution in [0.25, 0.3) is 0 Å². The molecule has 0 spiro atoms. The monoisotopic (exact) mass is 408 g/mol. The molecule has 2 aliphatic rings. The molecular formula is C20H28N2O3S2. The number of carbonyl (C=O) groups is 1. The van der Waals surface area contributed by atoms with Crippen molar-refractivity contribution in [3.63, 3.8) is 0 Å². The average Bonchev–Trinajstić information content (AvgIpc) is 3.04. The Hall–Kier alpha value is -1.34. The highest BCUT2D eigenvalue weighted by Gasteiger charge is 2.50. The summed E-state index contributed by atoms with van der Waals surface area (Å²) in [5.74, 6) is 0.0937. The molecule has 2 aliphatic heterocycles. The van der Waals surface area contributed by atoms with E-state index in [0.29, 0.717) is 5.17 Å². The van der Waals surface area contributed by atoms with Gasteiger partial charge in [-0.15, -0.1) is 0 Å². The number of carbonyl (C=O) groups excluding carboxylic acids is 1. The van der Waals surface area contributed by atoms with E-state index in [1.54, 1.807) is 0 Å². The third kappa shape index (κ3) is 3.94. The molecule has 7 heteroatoms. The first-order valence-electron chi connectivity index (χ1n) is 9.47. The topological polar surface area (TPSA) is 66.8 Å². The van der Waals surface area contributed by atoms with Crippen LogP contribution in [-0.2, 0) is 27.5 Å². The van der Waals surface area contributed by atoms with Crippen LogP contribution in [0.2, 0.25) is 0 Å². The zero-order valence-corrected chi connectivity index (χ0v) is 18.3. The van der Waals surface area contributed by atoms with Crippen molar-refractivity contribution in [2.24, 2.45) is 10.4 Å². The molecule has 0 bridgehead atoms. The highest BCUT2D eigenvalue weighted by molar-refractivity contribution is 8.16. The number of para-hydroxylation sites is 1. The summed E-state index contributed by atoms with van der Waals surface area (Å²) in [5, 5.41) is 0.576. The van der Waals surface area contributed by atoms with E-state index in [1.165, 1.54) is 11.8 Å². The van der Waals surface area contributed by atoms with Crippen molar-refractivity contribution in [1.82, 2.24) is 0 Å². The minimum Gasteiger partial charge on any atom is -0.315 e. The molecule has 2 saturated heterocycles. The van der Waals surface area contributed by atoms with Gasteiger partial charge in [-0.2, -0.15) is 4.99 Å². The van der Waals surface area contributed by atoms with Gasteiger partial charge < -0.3 is 4.90 Å². The summed E-state index contributed by atoms with van der Waals surface area (Å²) in [5.41, 5.74) is 2.80. The Morgan fingerprint density at radius 2 is 1.78 bits per heavy atom. The second-order valence-electron chi connectivity index (χ2n) is 8.25. The van der Waals surface area contributed by atoms with Gasteiger partial charge in [-0.3, -0.25) is 4.79 Å². The molecule has 2 fully saturated rings. The van der Waals surface area contributed by atoms with Crippen molar-refractivity contribution >= 4 is 38.4 Å². The van der Waals surface area contributed by atoms with E-state index in [4.69, 9.17) is 0 Å². The van der Waals surface area contributed by atoms with Crippen LogP contribution in [0.4, 0.5) is 5.69 Å². The van der Waals surface area contributed by atoms with Gasteiger partial charge in [0.1, 0.15) is 0 Å². The summed E-state index contributed by atoms with van der Waals surface area (Å²) in [6.45, 7) is 9.76. The van der Waals surface area contributed by atoms with Crippen LogP contribution in [0.1, 0.15) is 45.7 Å². The number of aliphatic imine (C=N–C) groups is 1. The zero-order valence-electron chi connectivity index (χ0n) is 16.7. The maximum absolute atomic E-state index is 12.6. The lowest BCUT2D eigenvalue weighted by Gasteiger charge is -2.29. The Kier molecular flexibility index (Phi) is 5.47. The van der Waals surface area contributed by atoms with Crippen LogP contribution in [0.5, 0.6) is 0 Å². The number of rotatable bonds is 3. The van der Waals surface area contributed by atoms with E-state index in [9.17, 15) is 13.2 Å². The zero-order chi connectivity index (χ0) is 20.0. The first-order valence-corrected chi connectivity index (χ1v) is 12.2. The number of amidine groups is 1. The first kappa shape index (κ1) is 20.4. The lowest BCUT2D eigenvalue weighted by molar-refractivity contribution is -0.124. The predicted molar refractivity (Wildman–Crippen MR) is 113 cm³/mol. The van der Waals surface area contributed by atoms with Gasteiger partial charge in [-0.05, 0) is 24.0 Å². The maximum atomic E-state index is 12.6. The second kappa shape index (κ2) is 7.24. The van der Waals surface area contributed by atoms with Crippen molar-refractivity contribution in [2.75, 3.05) is 16.4 Å². The summed E-state index contributed by atoms with van der Waals surface area (Å²) >= 11 is 1.45. The minimum atomic E-state index is -3.07. The molecule has 0 saturated carbocycles.